The van der Waals surface area contributed by atoms with E-state index in [4.69, 9.17) is 0 Å². The zero-order valence-electron chi connectivity index (χ0n) is 18.9. The highest BCUT2D eigenvalue weighted by atomic mass is 19.4. The highest BCUT2D eigenvalue weighted by molar-refractivity contribution is 5.91. The van der Waals surface area contributed by atoms with Crippen LogP contribution in [0.1, 0.15) is 43.7 Å². The largest absolute Gasteiger partial charge is 0.419 e. The Balaban J connectivity index is 1.59. The average Bonchev–Trinajstić information content (AvgIpc) is 2.81. The molecule has 0 N–H and O–H groups in total. The number of hydrogen-bond donors (Lipinski definition) is 0. The van der Waals surface area contributed by atoms with Crippen LogP contribution >= 0.6 is 0 Å². The summed E-state index contributed by atoms with van der Waals surface area (Å²) < 4.78 is 67.8. The van der Waals surface area contributed by atoms with Gasteiger partial charge < -0.3 is 0 Å². The van der Waals surface area contributed by atoms with E-state index in [2.05, 4.69) is 31.2 Å². The lowest BCUT2D eigenvalue weighted by molar-refractivity contribution is -0.139. The molecule has 0 aliphatic carbocycles. The maximum absolute atomic E-state index is 15.2. The fourth-order valence-corrected chi connectivity index (χ4v) is 4.23. The first-order valence-electron chi connectivity index (χ1n) is 11.5. The van der Waals surface area contributed by atoms with E-state index in [0.717, 1.165) is 29.7 Å². The lowest BCUT2D eigenvalue weighted by Crippen LogP contribution is -2.07. The van der Waals surface area contributed by atoms with Crippen molar-refractivity contribution < 1.29 is 22.0 Å². The summed E-state index contributed by atoms with van der Waals surface area (Å²) in [5, 5.41) is 0.990. The molecule has 176 valence electrons. The van der Waals surface area contributed by atoms with Gasteiger partial charge in [-0.3, -0.25) is 0 Å². The fraction of sp³-hybridized carbons (Fsp3) is 0.241. The number of fused-ring (bicyclic) bond motifs is 1. The van der Waals surface area contributed by atoms with Crippen molar-refractivity contribution in [1.29, 1.82) is 0 Å². The second kappa shape index (κ2) is 9.96. The van der Waals surface area contributed by atoms with Gasteiger partial charge in [0.25, 0.3) is 0 Å². The molecule has 0 unspecified atom stereocenters. The van der Waals surface area contributed by atoms with E-state index in [9.17, 15) is 17.6 Å². The zero-order valence-corrected chi connectivity index (χ0v) is 18.9. The molecule has 4 aromatic carbocycles. The molecule has 0 aromatic heterocycles. The van der Waals surface area contributed by atoms with Crippen molar-refractivity contribution in [2.75, 3.05) is 0 Å². The first kappa shape index (κ1) is 23.9. The molecular weight excluding hydrogens is 443 g/mol. The molecule has 4 rings (SSSR count). The van der Waals surface area contributed by atoms with Crippen molar-refractivity contribution in [3.05, 3.63) is 95.6 Å². The Hall–Kier alpha value is -3.21. The minimum Gasteiger partial charge on any atom is -0.206 e. The summed E-state index contributed by atoms with van der Waals surface area (Å²) in [7, 11) is 0. The molecule has 0 radical (unpaired) electrons. The van der Waals surface area contributed by atoms with Crippen LogP contribution in [0.5, 0.6) is 0 Å². The van der Waals surface area contributed by atoms with Crippen molar-refractivity contribution in [1.82, 2.24) is 0 Å². The van der Waals surface area contributed by atoms with E-state index in [1.54, 1.807) is 12.1 Å². The highest BCUT2D eigenvalue weighted by Crippen LogP contribution is 2.36. The van der Waals surface area contributed by atoms with Crippen LogP contribution in [-0.2, 0) is 12.6 Å². The van der Waals surface area contributed by atoms with E-state index >= 15 is 4.39 Å². The average molecular weight is 469 g/mol. The van der Waals surface area contributed by atoms with E-state index < -0.39 is 23.4 Å². The van der Waals surface area contributed by atoms with Gasteiger partial charge in [-0.15, -0.1) is 0 Å². The van der Waals surface area contributed by atoms with Gasteiger partial charge in [-0.1, -0.05) is 80.8 Å². The number of halogens is 5. The minimum atomic E-state index is -4.80. The molecule has 0 amide bonds. The third-order valence-corrected chi connectivity index (χ3v) is 6.15. The predicted molar refractivity (Wildman–Crippen MR) is 128 cm³/mol. The Kier molecular flexibility index (Phi) is 7.01. The molecule has 0 saturated carbocycles. The van der Waals surface area contributed by atoms with Crippen LogP contribution < -0.4 is 0 Å². The molecular formula is C29H25F5. The van der Waals surface area contributed by atoms with Gasteiger partial charge in [-0.05, 0) is 58.7 Å². The molecule has 0 fully saturated rings. The maximum atomic E-state index is 15.2. The summed E-state index contributed by atoms with van der Waals surface area (Å²) in [6.07, 6.45) is 1.12. The Morgan fingerprint density at radius 3 is 2.06 bits per heavy atom. The first-order valence-corrected chi connectivity index (χ1v) is 11.5. The summed E-state index contributed by atoms with van der Waals surface area (Å²) in [6, 6.07) is 19.4. The van der Waals surface area contributed by atoms with Gasteiger partial charge in [0.1, 0.15) is 11.6 Å². The molecule has 0 aliphatic rings. The van der Waals surface area contributed by atoms with Crippen molar-refractivity contribution >= 4 is 10.8 Å². The van der Waals surface area contributed by atoms with Gasteiger partial charge in [0.05, 0.1) is 5.56 Å². The van der Waals surface area contributed by atoms with Gasteiger partial charge in [0, 0.05) is 10.9 Å². The summed E-state index contributed by atoms with van der Waals surface area (Å²) in [5.74, 6) is -2.01. The Morgan fingerprint density at radius 2 is 1.38 bits per heavy atom. The fourth-order valence-electron chi connectivity index (χ4n) is 4.23. The maximum Gasteiger partial charge on any atom is 0.419 e. The predicted octanol–water partition coefficient (Wildman–Crippen LogP) is 9.59. The van der Waals surface area contributed by atoms with Crippen LogP contribution in [-0.4, -0.2) is 0 Å². The van der Waals surface area contributed by atoms with E-state index in [1.165, 1.54) is 37.3 Å². The standard InChI is InChI=1S/C29H25F5/c1-2-3-4-5-6-19-7-9-20(10-8-19)21-11-14-24-22(17-21)12-15-25(28(24)31)23-13-16-26(27(30)18-23)29(32,33)34/h7-18H,2-6H2,1H3. The molecule has 0 bridgehead atoms. The summed E-state index contributed by atoms with van der Waals surface area (Å²) in [4.78, 5) is 0. The monoisotopic (exact) mass is 468 g/mol. The first-order chi connectivity index (χ1) is 16.3. The number of unbranched alkanes of at least 4 members (excludes halogenated alkanes) is 3. The van der Waals surface area contributed by atoms with Crippen LogP contribution in [0.3, 0.4) is 0 Å². The highest BCUT2D eigenvalue weighted by Gasteiger charge is 2.34. The van der Waals surface area contributed by atoms with Crippen LogP contribution in [0.2, 0.25) is 0 Å². The van der Waals surface area contributed by atoms with Crippen molar-refractivity contribution in [3.63, 3.8) is 0 Å². The molecule has 0 spiro atoms. The van der Waals surface area contributed by atoms with Gasteiger partial charge in [0.15, 0.2) is 0 Å². The quantitative estimate of drug-likeness (QED) is 0.187. The third-order valence-electron chi connectivity index (χ3n) is 6.15. The molecule has 0 atom stereocenters. The zero-order chi connectivity index (χ0) is 24.3. The van der Waals surface area contributed by atoms with Crippen LogP contribution in [0.4, 0.5) is 22.0 Å². The van der Waals surface area contributed by atoms with E-state index in [1.807, 2.05) is 12.1 Å². The molecule has 34 heavy (non-hydrogen) atoms. The van der Waals surface area contributed by atoms with E-state index in [0.29, 0.717) is 16.8 Å². The van der Waals surface area contributed by atoms with Crippen LogP contribution in [0.25, 0.3) is 33.0 Å². The number of benzene rings is 4. The lowest BCUT2D eigenvalue weighted by Gasteiger charge is -2.12. The summed E-state index contributed by atoms with van der Waals surface area (Å²) in [5.41, 5.74) is 2.00. The summed E-state index contributed by atoms with van der Waals surface area (Å²) >= 11 is 0. The van der Waals surface area contributed by atoms with Gasteiger partial charge in [-0.25, -0.2) is 8.78 Å². The molecule has 4 aromatic rings. The van der Waals surface area contributed by atoms with Gasteiger partial charge >= 0.3 is 6.18 Å². The Morgan fingerprint density at radius 1 is 0.676 bits per heavy atom. The Bertz CT molecular complexity index is 1290. The van der Waals surface area contributed by atoms with Gasteiger partial charge in [0.2, 0.25) is 0 Å². The van der Waals surface area contributed by atoms with E-state index in [-0.39, 0.29) is 11.1 Å². The number of alkyl halides is 3. The SMILES string of the molecule is CCCCCCc1ccc(-c2ccc3c(F)c(-c4ccc(C(F)(F)F)c(F)c4)ccc3c2)cc1. The molecule has 5 heteroatoms. The Labute approximate surface area is 196 Å². The molecule has 0 aliphatic heterocycles. The van der Waals surface area contributed by atoms with Crippen molar-refractivity contribution in [2.24, 2.45) is 0 Å². The number of aryl methyl sites for hydroxylation is 1. The molecule has 0 saturated heterocycles. The van der Waals surface area contributed by atoms with Crippen molar-refractivity contribution in [3.8, 4) is 22.3 Å². The second-order valence-corrected chi connectivity index (χ2v) is 8.56. The van der Waals surface area contributed by atoms with Crippen molar-refractivity contribution in [2.45, 2.75) is 45.2 Å². The number of rotatable bonds is 7. The lowest BCUT2D eigenvalue weighted by atomic mass is 9.95. The third kappa shape index (κ3) is 5.14. The molecule has 0 nitrogen and oxygen atoms in total. The topological polar surface area (TPSA) is 0 Å². The molecule has 0 heterocycles. The smallest absolute Gasteiger partial charge is 0.206 e. The van der Waals surface area contributed by atoms with Crippen LogP contribution in [0.15, 0.2) is 72.8 Å². The van der Waals surface area contributed by atoms with Gasteiger partial charge in [-0.2, -0.15) is 13.2 Å². The summed E-state index contributed by atoms with van der Waals surface area (Å²) in [6.45, 7) is 2.19. The number of hydrogen-bond acceptors (Lipinski definition) is 0. The van der Waals surface area contributed by atoms with Crippen LogP contribution in [0, 0.1) is 11.6 Å². The normalized spacial score (nSPS) is 11.8. The second-order valence-electron chi connectivity index (χ2n) is 8.56. The minimum absolute atomic E-state index is 0.0558.